The van der Waals surface area contributed by atoms with Crippen LogP contribution in [0.3, 0.4) is 0 Å². The standard InChI is InChI=1S/C13H23/c1-2-6-11-8-5-9-12-7-3-4-10-13(11)12/h6,11-13H,2-5,7-10H2,1H3. The van der Waals surface area contributed by atoms with Crippen LogP contribution in [0.25, 0.3) is 0 Å². The molecule has 1 radical (unpaired) electrons. The zero-order chi connectivity index (χ0) is 9.10. The van der Waals surface area contributed by atoms with Crippen molar-refractivity contribution in [2.45, 2.75) is 58.3 Å². The van der Waals surface area contributed by atoms with E-state index in [1.807, 2.05) is 0 Å². The first-order valence-corrected chi connectivity index (χ1v) is 6.25. The predicted octanol–water partition coefficient (Wildman–Crippen LogP) is 4.21. The fraction of sp³-hybridized carbons (Fsp3) is 0.923. The second-order valence-corrected chi connectivity index (χ2v) is 4.95. The Morgan fingerprint density at radius 2 is 1.77 bits per heavy atom. The molecule has 3 atom stereocenters. The molecule has 0 heteroatoms. The third-order valence-corrected chi connectivity index (χ3v) is 4.17. The van der Waals surface area contributed by atoms with E-state index in [9.17, 15) is 0 Å². The van der Waals surface area contributed by atoms with E-state index in [1.165, 1.54) is 38.5 Å². The van der Waals surface area contributed by atoms with Gasteiger partial charge in [-0.1, -0.05) is 45.4 Å². The second-order valence-electron chi connectivity index (χ2n) is 4.95. The topological polar surface area (TPSA) is 0 Å². The Labute approximate surface area is 83.1 Å². The Balaban J connectivity index is 1.94. The molecule has 2 aliphatic rings. The van der Waals surface area contributed by atoms with Gasteiger partial charge in [-0.15, -0.1) is 0 Å². The minimum Gasteiger partial charge on any atom is -0.0651 e. The van der Waals surface area contributed by atoms with Crippen LogP contribution in [0.5, 0.6) is 0 Å². The van der Waals surface area contributed by atoms with Crippen LogP contribution in [-0.4, -0.2) is 0 Å². The molecule has 0 spiro atoms. The summed E-state index contributed by atoms with van der Waals surface area (Å²) in [5, 5.41) is 0. The van der Waals surface area contributed by atoms with Crippen molar-refractivity contribution in [1.82, 2.24) is 0 Å². The van der Waals surface area contributed by atoms with Gasteiger partial charge in [0.2, 0.25) is 0 Å². The molecule has 2 rings (SSSR count). The van der Waals surface area contributed by atoms with Crippen LogP contribution in [0.15, 0.2) is 0 Å². The quantitative estimate of drug-likeness (QED) is 0.595. The van der Waals surface area contributed by atoms with Gasteiger partial charge in [-0.25, -0.2) is 0 Å². The molecule has 2 fully saturated rings. The fourth-order valence-electron chi connectivity index (χ4n) is 3.58. The molecule has 0 saturated heterocycles. The van der Waals surface area contributed by atoms with Crippen molar-refractivity contribution >= 4 is 0 Å². The third kappa shape index (κ3) is 2.08. The molecular formula is C13H23. The van der Waals surface area contributed by atoms with Crippen molar-refractivity contribution in [3.05, 3.63) is 6.42 Å². The molecule has 13 heavy (non-hydrogen) atoms. The van der Waals surface area contributed by atoms with Gasteiger partial charge < -0.3 is 0 Å². The largest absolute Gasteiger partial charge is 0.0651 e. The first-order valence-electron chi connectivity index (χ1n) is 6.25. The molecule has 0 aromatic heterocycles. The SMILES string of the molecule is CC[CH]C1CCCC2CCCCC12. The summed E-state index contributed by atoms with van der Waals surface area (Å²) in [4.78, 5) is 0. The molecule has 0 nitrogen and oxygen atoms in total. The first-order chi connectivity index (χ1) is 6.42. The molecule has 0 amide bonds. The van der Waals surface area contributed by atoms with E-state index >= 15 is 0 Å². The zero-order valence-electron chi connectivity index (χ0n) is 8.97. The predicted molar refractivity (Wildman–Crippen MR) is 57.4 cm³/mol. The average Bonchev–Trinajstić information content (AvgIpc) is 2.19. The van der Waals surface area contributed by atoms with Gasteiger partial charge in [-0.3, -0.25) is 0 Å². The molecule has 0 aromatic rings. The highest BCUT2D eigenvalue weighted by Crippen LogP contribution is 2.44. The van der Waals surface area contributed by atoms with Crippen molar-refractivity contribution in [3.8, 4) is 0 Å². The van der Waals surface area contributed by atoms with Crippen molar-refractivity contribution < 1.29 is 0 Å². The Bertz CT molecular complexity index is 146. The van der Waals surface area contributed by atoms with E-state index in [-0.39, 0.29) is 0 Å². The highest BCUT2D eigenvalue weighted by atomic mass is 14.4. The van der Waals surface area contributed by atoms with Crippen LogP contribution in [0, 0.1) is 24.2 Å². The number of hydrogen-bond donors (Lipinski definition) is 0. The van der Waals surface area contributed by atoms with Crippen molar-refractivity contribution in [2.75, 3.05) is 0 Å². The van der Waals surface area contributed by atoms with Crippen LogP contribution in [0.1, 0.15) is 58.3 Å². The van der Waals surface area contributed by atoms with Gasteiger partial charge >= 0.3 is 0 Å². The van der Waals surface area contributed by atoms with E-state index < -0.39 is 0 Å². The van der Waals surface area contributed by atoms with Crippen LogP contribution in [0.2, 0.25) is 0 Å². The van der Waals surface area contributed by atoms with E-state index in [0.29, 0.717) is 0 Å². The number of fused-ring (bicyclic) bond motifs is 1. The minimum absolute atomic E-state index is 0.990. The Hall–Kier alpha value is 0. The van der Waals surface area contributed by atoms with Crippen molar-refractivity contribution in [1.29, 1.82) is 0 Å². The fourth-order valence-corrected chi connectivity index (χ4v) is 3.58. The first kappa shape index (κ1) is 9.55. The molecule has 0 aliphatic heterocycles. The summed E-state index contributed by atoms with van der Waals surface area (Å²) in [7, 11) is 0. The molecule has 2 saturated carbocycles. The highest BCUT2D eigenvalue weighted by molar-refractivity contribution is 4.90. The molecular weight excluding hydrogens is 156 g/mol. The summed E-state index contributed by atoms with van der Waals surface area (Å²) >= 11 is 0. The lowest BCUT2D eigenvalue weighted by atomic mass is 9.64. The lowest BCUT2D eigenvalue weighted by Gasteiger charge is -2.41. The summed E-state index contributed by atoms with van der Waals surface area (Å²) in [6, 6.07) is 0. The average molecular weight is 179 g/mol. The van der Waals surface area contributed by atoms with Gasteiger partial charge in [0.25, 0.3) is 0 Å². The van der Waals surface area contributed by atoms with E-state index in [4.69, 9.17) is 0 Å². The Kier molecular flexibility index (Phi) is 3.29. The molecule has 0 bridgehead atoms. The Morgan fingerprint density at radius 3 is 2.62 bits per heavy atom. The van der Waals surface area contributed by atoms with Crippen LogP contribution in [-0.2, 0) is 0 Å². The third-order valence-electron chi connectivity index (χ3n) is 4.17. The lowest BCUT2D eigenvalue weighted by Crippen LogP contribution is -2.31. The molecule has 0 heterocycles. The summed E-state index contributed by atoms with van der Waals surface area (Å²) in [5.41, 5.74) is 0. The highest BCUT2D eigenvalue weighted by Gasteiger charge is 2.33. The molecule has 0 aromatic carbocycles. The van der Waals surface area contributed by atoms with E-state index in [0.717, 1.165) is 17.8 Å². The van der Waals surface area contributed by atoms with Gasteiger partial charge in [0.1, 0.15) is 0 Å². The van der Waals surface area contributed by atoms with Crippen LogP contribution < -0.4 is 0 Å². The second kappa shape index (κ2) is 4.48. The number of hydrogen-bond acceptors (Lipinski definition) is 0. The molecule has 2 aliphatic carbocycles. The van der Waals surface area contributed by atoms with Gasteiger partial charge in [-0.2, -0.15) is 0 Å². The molecule has 3 unspecified atom stereocenters. The van der Waals surface area contributed by atoms with E-state index in [2.05, 4.69) is 13.3 Å². The van der Waals surface area contributed by atoms with Gasteiger partial charge in [-0.05, 0) is 37.0 Å². The summed E-state index contributed by atoms with van der Waals surface area (Å²) in [6.07, 6.45) is 14.5. The summed E-state index contributed by atoms with van der Waals surface area (Å²) in [5.74, 6) is 3.18. The van der Waals surface area contributed by atoms with Gasteiger partial charge in [0.05, 0.1) is 0 Å². The zero-order valence-corrected chi connectivity index (χ0v) is 8.97. The van der Waals surface area contributed by atoms with Crippen LogP contribution >= 0.6 is 0 Å². The van der Waals surface area contributed by atoms with Crippen molar-refractivity contribution in [2.24, 2.45) is 17.8 Å². The normalized spacial score (nSPS) is 39.9. The lowest BCUT2D eigenvalue weighted by molar-refractivity contribution is 0.120. The minimum atomic E-state index is 0.990. The van der Waals surface area contributed by atoms with E-state index in [1.54, 1.807) is 12.8 Å². The summed E-state index contributed by atoms with van der Waals surface area (Å²) in [6.45, 7) is 2.30. The van der Waals surface area contributed by atoms with Crippen molar-refractivity contribution in [3.63, 3.8) is 0 Å². The molecule has 0 N–H and O–H groups in total. The smallest absolute Gasteiger partial charge is 0.0352 e. The maximum atomic E-state index is 2.60. The number of rotatable bonds is 2. The maximum Gasteiger partial charge on any atom is -0.0352 e. The van der Waals surface area contributed by atoms with Gasteiger partial charge in [0.15, 0.2) is 0 Å². The van der Waals surface area contributed by atoms with Crippen LogP contribution in [0.4, 0.5) is 0 Å². The summed E-state index contributed by atoms with van der Waals surface area (Å²) < 4.78 is 0. The molecule has 75 valence electrons. The maximum absolute atomic E-state index is 2.60. The monoisotopic (exact) mass is 179 g/mol. The Morgan fingerprint density at radius 1 is 1.00 bits per heavy atom. The van der Waals surface area contributed by atoms with Gasteiger partial charge in [0, 0.05) is 0 Å².